The van der Waals surface area contributed by atoms with Gasteiger partial charge in [-0.25, -0.2) is 9.59 Å². The summed E-state index contributed by atoms with van der Waals surface area (Å²) >= 11 is 0. The van der Waals surface area contributed by atoms with E-state index in [0.29, 0.717) is 12.8 Å². The van der Waals surface area contributed by atoms with Gasteiger partial charge in [0.2, 0.25) is 11.2 Å². The first-order chi connectivity index (χ1) is 23.8. The number of allylic oxidation sites excluding steroid dienone is 2. The first-order valence-corrected chi connectivity index (χ1v) is 20.6. The second kappa shape index (κ2) is 33.6. The third kappa shape index (κ3) is 26.9. The summed E-state index contributed by atoms with van der Waals surface area (Å²) in [6.45, 7) is 2.56. The summed E-state index contributed by atoms with van der Waals surface area (Å²) in [5.41, 5.74) is -4.81. The van der Waals surface area contributed by atoms with E-state index >= 15 is 0 Å². The molecule has 0 saturated heterocycles. The van der Waals surface area contributed by atoms with Crippen LogP contribution in [0, 0.1) is 0 Å². The first kappa shape index (κ1) is 47.5. The van der Waals surface area contributed by atoms with E-state index in [1.807, 2.05) is 0 Å². The second-order valence-corrected chi connectivity index (χ2v) is 14.4. The quantitative estimate of drug-likeness (QED) is 0.0223. The predicted octanol–water partition coefficient (Wildman–Crippen LogP) is 10.4. The van der Waals surface area contributed by atoms with Crippen molar-refractivity contribution in [3.05, 3.63) is 24.3 Å². The Bertz CT molecular complexity index is 760. The van der Waals surface area contributed by atoms with Crippen LogP contribution >= 0.6 is 0 Å². The Morgan fingerprint density at radius 2 is 0.653 bits per heavy atom. The van der Waals surface area contributed by atoms with Crippen molar-refractivity contribution in [1.82, 2.24) is 0 Å². The molecule has 49 heavy (non-hydrogen) atoms. The average molecular weight is 695 g/mol. The normalized spacial score (nSPS) is 14.4. The zero-order chi connectivity index (χ0) is 36.3. The standard InChI is InChI=1S/C42H78O7/c1-3-5-7-9-11-13-15-17-19-21-23-25-27-29-31-33-35-41(47,37-43)39(45)49-40(46)42(48,38-44)36-34-32-30-28-26-24-22-20-18-16-14-12-10-8-6-4-2/h33-36,43-44,47-48H,3-32,37-38H2,1-2H3/b35-33+,36-34+. The summed E-state index contributed by atoms with van der Waals surface area (Å²) < 4.78 is 4.72. The maximum absolute atomic E-state index is 12.6. The molecule has 0 aliphatic heterocycles. The maximum atomic E-state index is 12.6. The average Bonchev–Trinajstić information content (AvgIpc) is 3.10. The van der Waals surface area contributed by atoms with E-state index < -0.39 is 36.4 Å². The van der Waals surface area contributed by atoms with Crippen molar-refractivity contribution in [1.29, 1.82) is 0 Å². The van der Waals surface area contributed by atoms with Gasteiger partial charge in [0.05, 0.1) is 13.2 Å². The summed E-state index contributed by atoms with van der Waals surface area (Å²) in [5, 5.41) is 40.5. The molecule has 2 atom stereocenters. The number of carbonyl (C=O) groups is 2. The molecule has 0 aliphatic rings. The van der Waals surface area contributed by atoms with E-state index in [2.05, 4.69) is 13.8 Å². The van der Waals surface area contributed by atoms with E-state index in [1.165, 1.54) is 141 Å². The van der Waals surface area contributed by atoms with Crippen LogP contribution in [0.3, 0.4) is 0 Å². The van der Waals surface area contributed by atoms with Crippen molar-refractivity contribution in [3.63, 3.8) is 0 Å². The van der Waals surface area contributed by atoms with E-state index in [9.17, 15) is 30.0 Å². The van der Waals surface area contributed by atoms with Gasteiger partial charge >= 0.3 is 11.9 Å². The Balaban J connectivity index is 4.14. The SMILES string of the molecule is CCCCCCCCCCCCCCCC/C=C/C(O)(CO)C(=O)OC(=O)C(O)(/C=C/CCCCCCCCCCCCCCCC)CO. The summed E-state index contributed by atoms with van der Waals surface area (Å²) in [6.07, 6.45) is 42.0. The van der Waals surface area contributed by atoms with Crippen molar-refractivity contribution in [2.24, 2.45) is 0 Å². The van der Waals surface area contributed by atoms with Crippen LogP contribution in [0.5, 0.6) is 0 Å². The van der Waals surface area contributed by atoms with E-state index in [0.717, 1.165) is 50.7 Å². The zero-order valence-electron chi connectivity index (χ0n) is 32.0. The van der Waals surface area contributed by atoms with Crippen LogP contribution in [0.1, 0.15) is 206 Å². The molecule has 0 aromatic rings. The van der Waals surface area contributed by atoms with Crippen LogP contribution in [0.25, 0.3) is 0 Å². The third-order valence-corrected chi connectivity index (χ3v) is 9.61. The van der Waals surface area contributed by atoms with Gasteiger partial charge in [0.1, 0.15) is 0 Å². The van der Waals surface area contributed by atoms with Crippen LogP contribution in [0.15, 0.2) is 24.3 Å². The molecule has 0 bridgehead atoms. The van der Waals surface area contributed by atoms with E-state index in [4.69, 9.17) is 4.74 Å². The number of hydrogen-bond donors (Lipinski definition) is 4. The highest BCUT2D eigenvalue weighted by molar-refractivity contribution is 5.95. The summed E-state index contributed by atoms with van der Waals surface area (Å²) in [7, 11) is 0. The lowest BCUT2D eigenvalue weighted by Gasteiger charge is -2.23. The highest BCUT2D eigenvalue weighted by Crippen LogP contribution is 2.18. The number of carbonyl (C=O) groups excluding carboxylic acids is 2. The van der Waals surface area contributed by atoms with Gasteiger partial charge in [-0.2, -0.15) is 0 Å². The Labute approximate surface area is 301 Å². The number of ether oxygens (including phenoxy) is 1. The Morgan fingerprint density at radius 3 is 0.878 bits per heavy atom. The van der Waals surface area contributed by atoms with Gasteiger partial charge in [-0.1, -0.05) is 193 Å². The van der Waals surface area contributed by atoms with Crippen molar-refractivity contribution in [2.75, 3.05) is 13.2 Å². The van der Waals surface area contributed by atoms with Crippen molar-refractivity contribution < 1.29 is 34.8 Å². The fraction of sp³-hybridized carbons (Fsp3) is 0.857. The van der Waals surface area contributed by atoms with Crippen LogP contribution in [0.4, 0.5) is 0 Å². The molecule has 0 aromatic carbocycles. The van der Waals surface area contributed by atoms with Gasteiger partial charge in [-0.3, -0.25) is 0 Å². The van der Waals surface area contributed by atoms with Crippen LogP contribution in [-0.2, 0) is 14.3 Å². The highest BCUT2D eigenvalue weighted by atomic mass is 16.6. The van der Waals surface area contributed by atoms with Crippen LogP contribution in [0.2, 0.25) is 0 Å². The van der Waals surface area contributed by atoms with Gasteiger partial charge in [0, 0.05) is 0 Å². The topological polar surface area (TPSA) is 124 Å². The zero-order valence-corrected chi connectivity index (χ0v) is 32.0. The van der Waals surface area contributed by atoms with Crippen LogP contribution < -0.4 is 0 Å². The number of hydrogen-bond acceptors (Lipinski definition) is 7. The second-order valence-electron chi connectivity index (χ2n) is 14.4. The minimum absolute atomic E-state index is 0.615. The lowest BCUT2D eigenvalue weighted by atomic mass is 10.0. The van der Waals surface area contributed by atoms with Gasteiger partial charge < -0.3 is 25.2 Å². The summed E-state index contributed by atoms with van der Waals surface area (Å²) in [5.74, 6) is -2.77. The van der Waals surface area contributed by atoms with Gasteiger partial charge in [-0.15, -0.1) is 0 Å². The molecule has 0 aromatic heterocycles. The molecule has 2 unspecified atom stereocenters. The first-order valence-electron chi connectivity index (χ1n) is 20.6. The van der Waals surface area contributed by atoms with Crippen LogP contribution in [-0.4, -0.2) is 56.8 Å². The van der Waals surface area contributed by atoms with Gasteiger partial charge in [0.15, 0.2) is 0 Å². The number of esters is 2. The van der Waals surface area contributed by atoms with Gasteiger partial charge in [0.25, 0.3) is 0 Å². The van der Waals surface area contributed by atoms with Gasteiger partial charge in [-0.05, 0) is 37.8 Å². The summed E-state index contributed by atoms with van der Waals surface area (Å²) in [6, 6.07) is 0. The number of aliphatic hydroxyl groups is 4. The maximum Gasteiger partial charge on any atom is 0.352 e. The summed E-state index contributed by atoms with van der Waals surface area (Å²) in [4.78, 5) is 25.1. The fourth-order valence-corrected chi connectivity index (χ4v) is 6.10. The molecule has 0 amide bonds. The predicted molar refractivity (Wildman–Crippen MR) is 203 cm³/mol. The molecule has 0 rings (SSSR count). The molecule has 288 valence electrons. The lowest BCUT2D eigenvalue weighted by molar-refractivity contribution is -0.182. The van der Waals surface area contributed by atoms with E-state index in [-0.39, 0.29) is 0 Å². The molecule has 7 heteroatoms. The molecule has 4 N–H and O–H groups in total. The Hall–Kier alpha value is -1.54. The molecule has 7 nitrogen and oxygen atoms in total. The van der Waals surface area contributed by atoms with Crippen molar-refractivity contribution in [3.8, 4) is 0 Å². The molecule has 0 fully saturated rings. The monoisotopic (exact) mass is 695 g/mol. The molecular formula is C42H78O7. The number of rotatable bonds is 36. The van der Waals surface area contributed by atoms with Crippen molar-refractivity contribution >= 4 is 11.9 Å². The third-order valence-electron chi connectivity index (χ3n) is 9.61. The molecule has 0 aliphatic carbocycles. The minimum atomic E-state index is -2.40. The molecule has 0 heterocycles. The highest BCUT2D eigenvalue weighted by Gasteiger charge is 2.41. The lowest BCUT2D eigenvalue weighted by Crippen LogP contribution is -2.48. The smallest absolute Gasteiger partial charge is 0.352 e. The number of unbranched alkanes of at least 4 members (excludes halogenated alkanes) is 28. The van der Waals surface area contributed by atoms with Crippen molar-refractivity contribution in [2.45, 2.75) is 218 Å². The largest absolute Gasteiger partial charge is 0.392 e. The Kier molecular flexibility index (Phi) is 32.5. The molecule has 0 spiro atoms. The Morgan fingerprint density at radius 1 is 0.429 bits per heavy atom. The van der Waals surface area contributed by atoms with E-state index in [1.54, 1.807) is 12.2 Å². The number of aliphatic hydroxyl groups excluding tert-OH is 2. The fourth-order valence-electron chi connectivity index (χ4n) is 6.10. The molecule has 0 saturated carbocycles. The molecule has 0 radical (unpaired) electrons. The molecular weight excluding hydrogens is 616 g/mol. The minimum Gasteiger partial charge on any atom is -0.392 e.